The molecule has 0 aliphatic carbocycles. The number of hydrogen-bond acceptors (Lipinski definition) is 10. The Morgan fingerprint density at radius 3 is 2.35 bits per heavy atom. The number of H-pyrrole nitrogens is 1. The molecule has 6 N–H and O–H groups in total. The molecule has 0 saturated carbocycles. The molecule has 1 fully saturated rings. The van der Waals surface area contributed by atoms with Crippen LogP contribution in [0.4, 0.5) is 4.39 Å². The molecule has 0 aromatic carbocycles. The fourth-order valence-electron chi connectivity index (χ4n) is 2.52. The van der Waals surface area contributed by atoms with Crippen LogP contribution in [0.15, 0.2) is 11.0 Å². The molecule has 1 aliphatic heterocycles. The highest BCUT2D eigenvalue weighted by atomic mass is 32.1. The first-order chi connectivity index (χ1) is 13.8. The topological polar surface area (TPSA) is 218 Å². The number of alkyl halides is 1. The van der Waals surface area contributed by atoms with Crippen LogP contribution in [0.5, 0.6) is 0 Å². The van der Waals surface area contributed by atoms with Crippen LogP contribution in [-0.4, -0.2) is 87.7 Å². The number of aromatic nitrogens is 2. The van der Waals surface area contributed by atoms with Crippen molar-refractivity contribution >= 4 is 57.7 Å². The van der Waals surface area contributed by atoms with E-state index in [9.17, 15) is 33.8 Å². The van der Waals surface area contributed by atoms with Crippen LogP contribution in [0.3, 0.4) is 0 Å². The van der Waals surface area contributed by atoms with Gasteiger partial charge in [0.05, 0.1) is 11.0 Å². The molecule has 2 rings (SSSR count). The number of aldehydes is 1. The van der Waals surface area contributed by atoms with Gasteiger partial charge in [-0.05, 0) is 12.2 Å². The van der Waals surface area contributed by atoms with Crippen molar-refractivity contribution in [1.29, 1.82) is 0 Å². The van der Waals surface area contributed by atoms with Crippen molar-refractivity contribution in [3.05, 3.63) is 26.9 Å². The average Bonchev–Trinajstić information content (AvgIpc) is 2.74. The number of aromatic amines is 1. The Kier molecular flexibility index (Phi) is 6.88. The maximum Gasteiger partial charge on any atom is 0.480 e. The van der Waals surface area contributed by atoms with Gasteiger partial charge in [0.25, 0.3) is 11.4 Å². The van der Waals surface area contributed by atoms with Gasteiger partial charge in [0.2, 0.25) is 0 Å². The van der Waals surface area contributed by atoms with E-state index in [-0.39, 0.29) is 6.29 Å². The number of nitrogens with one attached hydrogen (secondary N) is 1. The molecular weight excluding hydrogens is 486 g/mol. The lowest BCUT2D eigenvalue weighted by Gasteiger charge is -2.41. The minimum atomic E-state index is -5.91. The zero-order chi connectivity index (χ0) is 24.2. The highest BCUT2D eigenvalue weighted by molar-refractivity contribution is 7.71. The number of carbonyl (C=O) groups is 1. The van der Waals surface area contributed by atoms with Gasteiger partial charge in [-0.15, -0.1) is 0 Å². The average molecular weight is 496 g/mol. The lowest BCUT2D eigenvalue weighted by Crippen LogP contribution is -2.60. The second kappa shape index (κ2) is 8.11. The first-order valence-electron chi connectivity index (χ1n) is 7.53. The quantitative estimate of drug-likeness (QED) is 0.0971. The molecule has 2 heterocycles. The molecule has 5 atom stereocenters. The number of phosphoric ester groups is 1. The van der Waals surface area contributed by atoms with Gasteiger partial charge in [-0.2, -0.15) is 4.31 Å². The molecule has 1 aliphatic rings. The lowest BCUT2D eigenvalue weighted by atomic mass is 9.59. The number of rotatable bonds is 7. The molecule has 31 heavy (non-hydrogen) atoms. The van der Waals surface area contributed by atoms with Crippen LogP contribution >= 0.6 is 27.9 Å². The van der Waals surface area contributed by atoms with E-state index in [1.54, 1.807) is 0 Å². The maximum atomic E-state index is 15.5. The zero-order valence-corrected chi connectivity index (χ0v) is 17.4. The summed E-state index contributed by atoms with van der Waals surface area (Å²) in [6.07, 6.45) is -4.74. The van der Waals surface area contributed by atoms with Crippen molar-refractivity contribution in [3.8, 4) is 0 Å². The number of carbonyl (C=O) groups excluding carboxylic acids is 1. The van der Waals surface area contributed by atoms with Gasteiger partial charge in [-0.3, -0.25) is 19.1 Å². The van der Waals surface area contributed by atoms with E-state index in [4.69, 9.17) is 50.3 Å². The molecule has 21 heteroatoms. The number of nitrogens with zero attached hydrogens (tertiary/aromatic N) is 1. The van der Waals surface area contributed by atoms with Crippen molar-refractivity contribution in [3.63, 3.8) is 0 Å². The summed E-state index contributed by atoms with van der Waals surface area (Å²) in [4.78, 5) is 51.1. The van der Waals surface area contributed by atoms with Crippen LogP contribution in [0, 0.1) is 4.77 Å². The molecule has 6 radical (unpaired) electrons. The largest absolute Gasteiger partial charge is 0.480 e. The van der Waals surface area contributed by atoms with Crippen LogP contribution in [-0.2, 0) is 28.3 Å². The smallest absolute Gasteiger partial charge is 0.386 e. The Morgan fingerprint density at radius 2 is 1.87 bits per heavy atom. The van der Waals surface area contributed by atoms with Crippen molar-refractivity contribution in [2.45, 2.75) is 29.1 Å². The molecule has 14 nitrogen and oxygen atoms in total. The Balaban J connectivity index is 2.54. The minimum absolute atomic E-state index is 0.0363. The highest BCUT2D eigenvalue weighted by Crippen LogP contribution is 2.61. The van der Waals surface area contributed by atoms with Gasteiger partial charge >= 0.3 is 15.6 Å². The number of halogens is 1. The number of hydrogen-bond donors (Lipinski definition) is 6. The monoisotopic (exact) mass is 496 g/mol. The van der Waals surface area contributed by atoms with E-state index in [0.29, 0.717) is 10.8 Å². The van der Waals surface area contributed by atoms with Gasteiger partial charge in [0.15, 0.2) is 11.1 Å². The molecule has 164 valence electrons. The summed E-state index contributed by atoms with van der Waals surface area (Å²) in [5.74, 6) is -4.08. The second-order valence-corrected chi connectivity index (χ2v) is 9.29. The first kappa shape index (κ1) is 26.3. The third kappa shape index (κ3) is 4.87. The Bertz CT molecular complexity index is 1110. The molecule has 1 aromatic rings. The van der Waals surface area contributed by atoms with Crippen molar-refractivity contribution in [1.82, 2.24) is 9.55 Å². The predicted molar refractivity (Wildman–Crippen MR) is 100 cm³/mol. The summed E-state index contributed by atoms with van der Waals surface area (Å²) in [5.41, 5.74) is -4.58. The van der Waals surface area contributed by atoms with E-state index in [1.165, 1.54) is 0 Å². The second-order valence-electron chi connectivity index (χ2n) is 6.15. The van der Waals surface area contributed by atoms with Crippen LogP contribution < -0.4 is 5.56 Å². The van der Waals surface area contributed by atoms with Gasteiger partial charge in [-0.25, -0.2) is 13.5 Å². The SMILES string of the molecule is [B]C([B])(OP(=O)(O)OP(=O)(O)O)[C@@]1(F)O[C@@]([B])(n2cc(C=O)c(=O)[nH]c2=S)[C@H](O)[C@@H]1O. The van der Waals surface area contributed by atoms with Gasteiger partial charge in [0, 0.05) is 6.20 Å². The summed E-state index contributed by atoms with van der Waals surface area (Å²) in [5, 5.41) is 16.6. The Morgan fingerprint density at radius 1 is 1.32 bits per heavy atom. The lowest BCUT2D eigenvalue weighted by molar-refractivity contribution is -0.239. The summed E-state index contributed by atoms with van der Waals surface area (Å²) in [6.45, 7) is 0. The van der Waals surface area contributed by atoms with Crippen LogP contribution in [0.1, 0.15) is 10.4 Å². The van der Waals surface area contributed by atoms with Crippen molar-refractivity contribution in [2.24, 2.45) is 0 Å². The molecule has 1 aromatic heterocycles. The van der Waals surface area contributed by atoms with E-state index < -0.39 is 60.6 Å². The fourth-order valence-corrected chi connectivity index (χ4v) is 4.53. The summed E-state index contributed by atoms with van der Waals surface area (Å²) in [6, 6.07) is 0. The van der Waals surface area contributed by atoms with Crippen LogP contribution in [0.2, 0.25) is 0 Å². The maximum absolute atomic E-state index is 15.5. The summed E-state index contributed by atoms with van der Waals surface area (Å²) >= 11 is 4.79. The van der Waals surface area contributed by atoms with Gasteiger partial charge in [0.1, 0.15) is 41.4 Å². The normalized spacial score (nSPS) is 31.3. The molecular formula is C10H10B3FN2O12P2S. The standard InChI is InChI=1S/C10H10B3FN2O12P2S/c11-9(16-1-3(2-17)6(20)15-7(16)31)5(19)4(18)8(14,26-9)10(12,13)27-30(24,25)28-29(21,22)23/h1-2,4-5,18-19H,(H,24,25)(H,15,20,31)(H2,21,22,23)/t4-,5+,8-,9-/m0/s1. The zero-order valence-electron chi connectivity index (χ0n) is 14.8. The number of ether oxygens (including phenoxy) is 1. The van der Waals surface area contributed by atoms with Crippen molar-refractivity contribution < 1.29 is 56.8 Å². The Labute approximate surface area is 180 Å². The van der Waals surface area contributed by atoms with Gasteiger partial charge in [-0.1, -0.05) is 0 Å². The third-order valence-electron chi connectivity index (χ3n) is 3.90. The molecule has 0 spiro atoms. The van der Waals surface area contributed by atoms with Crippen molar-refractivity contribution in [2.75, 3.05) is 0 Å². The molecule has 0 amide bonds. The van der Waals surface area contributed by atoms with Gasteiger partial charge < -0.3 is 34.2 Å². The highest BCUT2D eigenvalue weighted by Gasteiger charge is 2.68. The Hall–Kier alpha value is -0.965. The van der Waals surface area contributed by atoms with E-state index in [2.05, 4.69) is 8.83 Å². The molecule has 0 bridgehead atoms. The number of aliphatic hydroxyl groups is 2. The molecule has 1 unspecified atom stereocenters. The number of aliphatic hydroxyl groups excluding tert-OH is 2. The minimum Gasteiger partial charge on any atom is -0.386 e. The molecule has 1 saturated heterocycles. The third-order valence-corrected chi connectivity index (χ3v) is 6.41. The van der Waals surface area contributed by atoms with Crippen LogP contribution in [0.25, 0.3) is 0 Å². The number of phosphoric acid groups is 2. The van der Waals surface area contributed by atoms with E-state index >= 15 is 4.39 Å². The predicted octanol–water partition coefficient (Wildman–Crippen LogP) is -2.87. The summed E-state index contributed by atoms with van der Waals surface area (Å²) < 4.78 is 49.9. The van der Waals surface area contributed by atoms with E-state index in [1.807, 2.05) is 4.98 Å². The van der Waals surface area contributed by atoms with E-state index in [0.717, 1.165) is 0 Å². The first-order valence-corrected chi connectivity index (χ1v) is 11.0. The fraction of sp³-hybridized carbons (Fsp3) is 0.500. The summed E-state index contributed by atoms with van der Waals surface area (Å²) in [7, 11) is 4.66.